The SMILES string of the molecule is CC(=O)Oc1ccc2c3c1O[C@H]1[C@H](N(CC(C)C)C(=O)/C=C/c4cc(Br)cs4)CC[C@@]4(OC(C)=O)[C@@H](C2)N(CCc2ccccc2)CC[C@]314. The summed E-state index contributed by atoms with van der Waals surface area (Å²) < 4.78 is 20.5. The van der Waals surface area contributed by atoms with Crippen LogP contribution in [0.15, 0.2) is 64.5 Å². The summed E-state index contributed by atoms with van der Waals surface area (Å²) in [4.78, 5) is 45.2. The first kappa shape index (κ1) is 34.0. The number of hydrogen-bond donors (Lipinski definition) is 0. The number of nitrogens with zero attached hydrogens (tertiary/aromatic N) is 2. The summed E-state index contributed by atoms with van der Waals surface area (Å²) in [7, 11) is 0. The normalized spacial score (nSPS) is 26.7. The quantitative estimate of drug-likeness (QED) is 0.126. The van der Waals surface area contributed by atoms with Crippen LogP contribution in [-0.4, -0.2) is 71.1 Å². The van der Waals surface area contributed by atoms with Crippen LogP contribution in [0.1, 0.15) is 68.5 Å². The number of ether oxygens (including phenoxy) is 3. The van der Waals surface area contributed by atoms with Crippen LogP contribution in [0.2, 0.25) is 0 Å². The monoisotopic (exact) mass is 746 g/mol. The van der Waals surface area contributed by atoms with Gasteiger partial charge in [0, 0.05) is 53.3 Å². The van der Waals surface area contributed by atoms with Crippen molar-refractivity contribution in [1.82, 2.24) is 9.80 Å². The standard InChI is InChI=1S/C39H43BrN2O6S/c1-24(2)22-42(34(45)13-11-30-21-29(40)23-49-30)31-14-16-39(48-26(4)44)33-20-28-10-12-32(46-25(3)43)36-35(28)38(39,37(31)47-36)17-19-41(33)18-15-27-8-6-5-7-9-27/h5-13,21,23-24,31,33,37H,14-20,22H2,1-4H3/b13-11+/t31-,33-,37+,38+,39-/m1/s1. The maximum Gasteiger partial charge on any atom is 0.308 e. The van der Waals surface area contributed by atoms with Crippen LogP contribution in [0, 0.1) is 5.92 Å². The molecule has 1 saturated heterocycles. The number of esters is 2. The van der Waals surface area contributed by atoms with E-state index in [2.05, 4.69) is 65.0 Å². The van der Waals surface area contributed by atoms with Crippen molar-refractivity contribution >= 4 is 51.2 Å². The van der Waals surface area contributed by atoms with E-state index in [1.165, 1.54) is 19.4 Å². The lowest BCUT2D eigenvalue weighted by molar-refractivity contribution is -0.224. The van der Waals surface area contributed by atoms with E-state index >= 15 is 0 Å². The molecule has 1 aromatic heterocycles. The summed E-state index contributed by atoms with van der Waals surface area (Å²) in [6, 6.07) is 16.0. The van der Waals surface area contributed by atoms with Crippen LogP contribution in [0.3, 0.4) is 0 Å². The van der Waals surface area contributed by atoms with Crippen LogP contribution in [0.25, 0.3) is 6.08 Å². The number of rotatable bonds is 10. The molecule has 2 bridgehead atoms. The Labute approximate surface area is 300 Å². The number of carbonyl (C=O) groups excluding carboxylic acids is 3. The summed E-state index contributed by atoms with van der Waals surface area (Å²) in [6.07, 6.45) is 6.47. The first-order chi connectivity index (χ1) is 23.5. The summed E-state index contributed by atoms with van der Waals surface area (Å²) in [6.45, 7) is 9.29. The lowest BCUT2D eigenvalue weighted by Crippen LogP contribution is -2.79. The third-order valence-electron chi connectivity index (χ3n) is 10.8. The van der Waals surface area contributed by atoms with Crippen molar-refractivity contribution in [2.45, 2.75) is 89.0 Å². The van der Waals surface area contributed by atoms with E-state index in [0.717, 1.165) is 40.0 Å². The molecule has 2 aliphatic carbocycles. The van der Waals surface area contributed by atoms with E-state index in [1.807, 2.05) is 34.6 Å². The van der Waals surface area contributed by atoms with Crippen molar-refractivity contribution in [3.8, 4) is 11.5 Å². The Hall–Kier alpha value is -3.47. The predicted octanol–water partition coefficient (Wildman–Crippen LogP) is 6.97. The molecule has 10 heteroatoms. The van der Waals surface area contributed by atoms with Crippen molar-refractivity contribution in [3.05, 3.63) is 86.0 Å². The second-order valence-corrected chi connectivity index (χ2v) is 16.1. The van der Waals surface area contributed by atoms with Crippen molar-refractivity contribution in [2.24, 2.45) is 5.92 Å². The van der Waals surface area contributed by atoms with Crippen LogP contribution >= 0.6 is 27.3 Å². The molecule has 0 radical (unpaired) electrons. The highest BCUT2D eigenvalue weighted by molar-refractivity contribution is 9.10. The maximum absolute atomic E-state index is 14.2. The number of thiophene rings is 1. The summed E-state index contributed by atoms with van der Waals surface area (Å²) in [5.74, 6) is 0.308. The highest BCUT2D eigenvalue weighted by Gasteiger charge is 2.75. The van der Waals surface area contributed by atoms with Gasteiger partial charge >= 0.3 is 11.9 Å². The first-order valence-corrected chi connectivity index (χ1v) is 18.9. The molecular weight excluding hydrogens is 704 g/mol. The Balaban J connectivity index is 1.34. The molecule has 3 heterocycles. The number of halogens is 1. The fraction of sp³-hybridized carbons (Fsp3) is 0.462. The van der Waals surface area contributed by atoms with E-state index in [1.54, 1.807) is 17.4 Å². The number of likely N-dealkylation sites (tertiary alicyclic amines) is 1. The third kappa shape index (κ3) is 5.93. The highest BCUT2D eigenvalue weighted by atomic mass is 79.9. The topological polar surface area (TPSA) is 85.4 Å². The summed E-state index contributed by atoms with van der Waals surface area (Å²) in [5, 5.41) is 2.00. The maximum atomic E-state index is 14.2. The van der Waals surface area contributed by atoms with E-state index in [-0.39, 0.29) is 29.9 Å². The molecular formula is C39H43BrN2O6S. The average Bonchev–Trinajstić information content (AvgIpc) is 3.64. The molecule has 0 N–H and O–H groups in total. The zero-order chi connectivity index (χ0) is 34.5. The van der Waals surface area contributed by atoms with Crippen molar-refractivity contribution in [3.63, 3.8) is 0 Å². The predicted molar refractivity (Wildman–Crippen MR) is 193 cm³/mol. The second-order valence-electron chi connectivity index (χ2n) is 14.2. The molecule has 8 nitrogen and oxygen atoms in total. The Morgan fingerprint density at radius 2 is 1.92 bits per heavy atom. The van der Waals surface area contributed by atoms with E-state index < -0.39 is 23.1 Å². The van der Waals surface area contributed by atoms with Gasteiger partial charge in [0.05, 0.1) is 17.5 Å². The number of piperidine rings is 1. The average molecular weight is 748 g/mol. The Morgan fingerprint density at radius 1 is 1.12 bits per heavy atom. The van der Waals surface area contributed by atoms with E-state index in [0.29, 0.717) is 43.7 Å². The number of hydrogen-bond acceptors (Lipinski definition) is 8. The van der Waals surface area contributed by atoms with Gasteiger partial charge in [0.15, 0.2) is 11.5 Å². The Bertz CT molecular complexity index is 1790. The van der Waals surface area contributed by atoms with Crippen LogP contribution in [0.4, 0.5) is 0 Å². The zero-order valence-electron chi connectivity index (χ0n) is 28.4. The van der Waals surface area contributed by atoms with Gasteiger partial charge in [0.25, 0.3) is 0 Å². The fourth-order valence-electron chi connectivity index (χ4n) is 9.22. The van der Waals surface area contributed by atoms with Gasteiger partial charge in [-0.15, -0.1) is 11.3 Å². The minimum absolute atomic E-state index is 0.0766. The molecule has 2 fully saturated rings. The fourth-order valence-corrected chi connectivity index (χ4v) is 10.6. The molecule has 4 aliphatic rings. The largest absolute Gasteiger partial charge is 0.483 e. The summed E-state index contributed by atoms with van der Waals surface area (Å²) in [5.41, 5.74) is 1.76. The third-order valence-corrected chi connectivity index (χ3v) is 12.5. The van der Waals surface area contributed by atoms with Gasteiger partial charge in [0.2, 0.25) is 5.91 Å². The van der Waals surface area contributed by atoms with Crippen molar-refractivity contribution in [1.29, 1.82) is 0 Å². The van der Waals surface area contributed by atoms with Gasteiger partial charge in [-0.2, -0.15) is 0 Å². The molecule has 2 aliphatic heterocycles. The van der Waals surface area contributed by atoms with Crippen molar-refractivity contribution in [2.75, 3.05) is 19.6 Å². The minimum atomic E-state index is -0.881. The first-order valence-electron chi connectivity index (χ1n) is 17.2. The molecule has 258 valence electrons. The smallest absolute Gasteiger partial charge is 0.308 e. The van der Waals surface area contributed by atoms with Crippen LogP contribution in [0.5, 0.6) is 11.5 Å². The van der Waals surface area contributed by atoms with Gasteiger partial charge < -0.3 is 19.1 Å². The molecule has 1 amide bonds. The van der Waals surface area contributed by atoms with Crippen LogP contribution < -0.4 is 9.47 Å². The van der Waals surface area contributed by atoms with Gasteiger partial charge in [0.1, 0.15) is 11.7 Å². The molecule has 5 atom stereocenters. The van der Waals surface area contributed by atoms with Gasteiger partial charge in [-0.05, 0) is 89.8 Å². The lowest BCUT2D eigenvalue weighted by atomic mass is 9.48. The minimum Gasteiger partial charge on any atom is -0.483 e. The number of amides is 1. The molecule has 0 unspecified atom stereocenters. The number of benzene rings is 2. The Kier molecular flexibility index (Phi) is 9.26. The molecule has 49 heavy (non-hydrogen) atoms. The highest BCUT2D eigenvalue weighted by Crippen LogP contribution is 2.67. The van der Waals surface area contributed by atoms with Gasteiger partial charge in [-0.1, -0.05) is 50.2 Å². The molecule has 1 saturated carbocycles. The van der Waals surface area contributed by atoms with Crippen LogP contribution in [-0.2, 0) is 37.4 Å². The second kappa shape index (κ2) is 13.3. The van der Waals surface area contributed by atoms with Crippen molar-refractivity contribution < 1.29 is 28.6 Å². The lowest BCUT2D eigenvalue weighted by Gasteiger charge is -2.65. The van der Waals surface area contributed by atoms with E-state index in [4.69, 9.17) is 14.2 Å². The number of carbonyl (C=O) groups is 3. The van der Waals surface area contributed by atoms with Gasteiger partial charge in [-0.25, -0.2) is 0 Å². The summed E-state index contributed by atoms with van der Waals surface area (Å²) >= 11 is 5.08. The van der Waals surface area contributed by atoms with E-state index in [9.17, 15) is 14.4 Å². The zero-order valence-corrected chi connectivity index (χ0v) is 30.8. The van der Waals surface area contributed by atoms with Gasteiger partial charge in [-0.3, -0.25) is 19.3 Å². The molecule has 2 aromatic carbocycles. The molecule has 7 rings (SSSR count). The molecule has 3 aromatic rings. The Morgan fingerprint density at radius 3 is 2.61 bits per heavy atom. The molecule has 1 spiro atoms.